The molecule has 0 saturated carbocycles. The van der Waals surface area contributed by atoms with E-state index in [2.05, 4.69) is 29.8 Å². The standard InChI is InChI=1S/C24H47BrO4/c1-3-5-7-14-21-28-24(29-22-15-8-6-4-2)18-17-23(26)27-20-16-12-10-9-11-13-19-25/h24H,3-22H2,1-2H3. The van der Waals surface area contributed by atoms with E-state index in [1.165, 1.54) is 64.2 Å². The lowest BCUT2D eigenvalue weighted by Crippen LogP contribution is -2.21. The van der Waals surface area contributed by atoms with Gasteiger partial charge in [0.1, 0.15) is 0 Å². The lowest BCUT2D eigenvalue weighted by Gasteiger charge is -2.18. The van der Waals surface area contributed by atoms with Gasteiger partial charge in [0.2, 0.25) is 0 Å². The molecule has 4 nitrogen and oxygen atoms in total. The van der Waals surface area contributed by atoms with E-state index in [4.69, 9.17) is 14.2 Å². The number of carbonyl (C=O) groups excluding carboxylic acids is 1. The second kappa shape index (κ2) is 24.1. The molecule has 0 aromatic rings. The number of ether oxygens (including phenoxy) is 3. The summed E-state index contributed by atoms with van der Waals surface area (Å²) >= 11 is 3.46. The topological polar surface area (TPSA) is 44.8 Å². The summed E-state index contributed by atoms with van der Waals surface area (Å²) in [6.07, 6.45) is 17.3. The molecule has 0 saturated heterocycles. The van der Waals surface area contributed by atoms with Gasteiger partial charge in [-0.05, 0) is 25.7 Å². The van der Waals surface area contributed by atoms with Crippen LogP contribution >= 0.6 is 15.9 Å². The fourth-order valence-electron chi connectivity index (χ4n) is 3.10. The Morgan fingerprint density at radius 2 is 1.17 bits per heavy atom. The zero-order valence-electron chi connectivity index (χ0n) is 19.2. The Morgan fingerprint density at radius 1 is 0.690 bits per heavy atom. The zero-order valence-corrected chi connectivity index (χ0v) is 20.8. The van der Waals surface area contributed by atoms with Crippen LogP contribution in [-0.2, 0) is 19.0 Å². The largest absolute Gasteiger partial charge is 0.466 e. The molecule has 0 heterocycles. The van der Waals surface area contributed by atoms with Crippen molar-refractivity contribution in [2.24, 2.45) is 0 Å². The number of alkyl halides is 1. The van der Waals surface area contributed by atoms with E-state index in [9.17, 15) is 4.79 Å². The van der Waals surface area contributed by atoms with Crippen LogP contribution in [0.1, 0.15) is 117 Å². The van der Waals surface area contributed by atoms with Crippen molar-refractivity contribution in [3.8, 4) is 0 Å². The molecule has 0 aliphatic heterocycles. The molecular formula is C24H47BrO4. The van der Waals surface area contributed by atoms with Gasteiger partial charge in [-0.15, -0.1) is 0 Å². The number of hydrogen-bond donors (Lipinski definition) is 0. The Kier molecular flexibility index (Phi) is 24.0. The number of hydrogen-bond acceptors (Lipinski definition) is 4. The third-order valence-electron chi connectivity index (χ3n) is 4.98. The van der Waals surface area contributed by atoms with Gasteiger partial charge in [0.05, 0.1) is 13.0 Å². The lowest BCUT2D eigenvalue weighted by molar-refractivity contribution is -0.159. The van der Waals surface area contributed by atoms with Crippen LogP contribution in [0.4, 0.5) is 0 Å². The van der Waals surface area contributed by atoms with Crippen LogP contribution in [0.3, 0.4) is 0 Å². The van der Waals surface area contributed by atoms with Gasteiger partial charge in [-0.2, -0.15) is 0 Å². The Hall–Kier alpha value is -0.130. The third-order valence-corrected chi connectivity index (χ3v) is 5.54. The van der Waals surface area contributed by atoms with Gasteiger partial charge in [0.15, 0.2) is 6.29 Å². The fourth-order valence-corrected chi connectivity index (χ4v) is 3.50. The summed E-state index contributed by atoms with van der Waals surface area (Å²) in [5, 5.41) is 1.09. The van der Waals surface area contributed by atoms with Crippen molar-refractivity contribution in [3.05, 3.63) is 0 Å². The molecule has 174 valence electrons. The molecule has 0 aromatic carbocycles. The van der Waals surface area contributed by atoms with Crippen LogP contribution in [0.15, 0.2) is 0 Å². The molecule has 0 atom stereocenters. The van der Waals surface area contributed by atoms with E-state index >= 15 is 0 Å². The van der Waals surface area contributed by atoms with E-state index in [0.29, 0.717) is 32.7 Å². The summed E-state index contributed by atoms with van der Waals surface area (Å²) in [5.41, 5.74) is 0. The van der Waals surface area contributed by atoms with E-state index in [1.54, 1.807) is 0 Å². The summed E-state index contributed by atoms with van der Waals surface area (Å²) in [4.78, 5) is 12.0. The van der Waals surface area contributed by atoms with Crippen molar-refractivity contribution < 1.29 is 19.0 Å². The van der Waals surface area contributed by atoms with Crippen molar-refractivity contribution >= 4 is 21.9 Å². The van der Waals surface area contributed by atoms with E-state index in [1.807, 2.05) is 0 Å². The van der Waals surface area contributed by atoms with Crippen LogP contribution in [0.25, 0.3) is 0 Å². The van der Waals surface area contributed by atoms with Gasteiger partial charge in [-0.3, -0.25) is 4.79 Å². The molecule has 0 aliphatic carbocycles. The minimum atomic E-state index is -0.278. The van der Waals surface area contributed by atoms with Crippen LogP contribution in [0, 0.1) is 0 Å². The number of esters is 1. The third kappa shape index (κ3) is 22.4. The van der Waals surface area contributed by atoms with Crippen LogP contribution in [0.5, 0.6) is 0 Å². The average Bonchev–Trinajstić information content (AvgIpc) is 2.73. The molecule has 0 aromatic heterocycles. The van der Waals surface area contributed by atoms with Gasteiger partial charge < -0.3 is 14.2 Å². The van der Waals surface area contributed by atoms with Gasteiger partial charge in [-0.25, -0.2) is 0 Å². The highest BCUT2D eigenvalue weighted by Gasteiger charge is 2.13. The molecule has 0 bridgehead atoms. The van der Waals surface area contributed by atoms with Crippen molar-refractivity contribution in [1.82, 2.24) is 0 Å². The number of rotatable bonds is 23. The van der Waals surface area contributed by atoms with E-state index < -0.39 is 0 Å². The Labute approximate surface area is 189 Å². The Morgan fingerprint density at radius 3 is 1.72 bits per heavy atom. The number of unbranched alkanes of at least 4 members (excludes halogenated alkanes) is 11. The number of halogens is 1. The van der Waals surface area contributed by atoms with Crippen molar-refractivity contribution in [2.75, 3.05) is 25.2 Å². The van der Waals surface area contributed by atoms with Crippen LogP contribution in [-0.4, -0.2) is 37.4 Å². The molecule has 5 heteroatoms. The highest BCUT2D eigenvalue weighted by atomic mass is 79.9. The van der Waals surface area contributed by atoms with E-state index in [0.717, 1.165) is 31.0 Å². The first-order chi connectivity index (χ1) is 14.2. The first-order valence-corrected chi connectivity index (χ1v) is 13.3. The number of carbonyl (C=O) groups is 1. The average molecular weight is 480 g/mol. The normalized spacial score (nSPS) is 11.3. The van der Waals surface area contributed by atoms with Gasteiger partial charge in [0, 0.05) is 25.0 Å². The van der Waals surface area contributed by atoms with Gasteiger partial charge in [0.25, 0.3) is 0 Å². The first kappa shape index (κ1) is 28.9. The highest BCUT2D eigenvalue weighted by Crippen LogP contribution is 2.11. The molecule has 0 aliphatic rings. The molecule has 0 amide bonds. The minimum Gasteiger partial charge on any atom is -0.466 e. The quantitative estimate of drug-likeness (QED) is 0.0656. The Bertz CT molecular complexity index is 325. The van der Waals surface area contributed by atoms with Crippen molar-refractivity contribution in [3.63, 3.8) is 0 Å². The van der Waals surface area contributed by atoms with Crippen molar-refractivity contribution in [1.29, 1.82) is 0 Å². The predicted molar refractivity (Wildman–Crippen MR) is 126 cm³/mol. The molecular weight excluding hydrogens is 432 g/mol. The summed E-state index contributed by atoms with van der Waals surface area (Å²) in [7, 11) is 0. The summed E-state index contributed by atoms with van der Waals surface area (Å²) < 4.78 is 17.2. The molecule has 0 N–H and O–H groups in total. The Balaban J connectivity index is 3.87. The smallest absolute Gasteiger partial charge is 0.305 e. The summed E-state index contributed by atoms with van der Waals surface area (Å²) in [6.45, 7) is 6.38. The van der Waals surface area contributed by atoms with Crippen LogP contribution < -0.4 is 0 Å². The maximum atomic E-state index is 12.0. The summed E-state index contributed by atoms with van der Waals surface area (Å²) in [5.74, 6) is -0.126. The molecule has 0 spiro atoms. The maximum Gasteiger partial charge on any atom is 0.305 e. The molecule has 0 rings (SSSR count). The SMILES string of the molecule is CCCCCCOC(CCC(=O)OCCCCCCCCBr)OCCCCCC. The predicted octanol–water partition coefficient (Wildman–Crippen LogP) is 7.57. The molecule has 0 unspecified atom stereocenters. The van der Waals surface area contributed by atoms with Crippen molar-refractivity contribution in [2.45, 2.75) is 123 Å². The fraction of sp³-hybridized carbons (Fsp3) is 0.958. The minimum absolute atomic E-state index is 0.126. The summed E-state index contributed by atoms with van der Waals surface area (Å²) in [6, 6.07) is 0. The second-order valence-electron chi connectivity index (χ2n) is 7.86. The maximum absolute atomic E-state index is 12.0. The van der Waals surface area contributed by atoms with Gasteiger partial charge in [-0.1, -0.05) is 94.0 Å². The highest BCUT2D eigenvalue weighted by molar-refractivity contribution is 9.09. The molecule has 0 fully saturated rings. The lowest BCUT2D eigenvalue weighted by atomic mass is 10.1. The monoisotopic (exact) mass is 478 g/mol. The van der Waals surface area contributed by atoms with Crippen LogP contribution in [0.2, 0.25) is 0 Å². The zero-order chi connectivity index (χ0) is 21.4. The van der Waals surface area contributed by atoms with Gasteiger partial charge >= 0.3 is 5.97 Å². The molecule has 0 radical (unpaired) electrons. The first-order valence-electron chi connectivity index (χ1n) is 12.2. The van der Waals surface area contributed by atoms with E-state index in [-0.39, 0.29) is 12.3 Å². The second-order valence-corrected chi connectivity index (χ2v) is 8.65. The molecule has 29 heavy (non-hydrogen) atoms.